The van der Waals surface area contributed by atoms with Gasteiger partial charge in [0.2, 0.25) is 0 Å². The fourth-order valence-electron chi connectivity index (χ4n) is 3.62. The molecule has 3 aromatic rings. The lowest BCUT2D eigenvalue weighted by atomic mass is 9.89. The molecule has 0 aliphatic heterocycles. The maximum absolute atomic E-state index is 13.5. The van der Waals surface area contributed by atoms with Crippen LogP contribution in [0.4, 0.5) is 0 Å². The molecule has 1 aliphatic rings. The molecule has 140 valence electrons. The third-order valence-electron chi connectivity index (χ3n) is 5.01. The van der Waals surface area contributed by atoms with Gasteiger partial charge in [0.25, 0.3) is 5.56 Å². The average Bonchev–Trinajstić information content (AvgIpc) is 3.01. The van der Waals surface area contributed by atoms with E-state index in [1.54, 1.807) is 23.1 Å². The van der Waals surface area contributed by atoms with Crippen molar-refractivity contribution in [1.82, 2.24) is 9.55 Å². The SMILES string of the molecule is C=C(C)CSc1nc2sc3c(c2c(=O)n1Cc1ccccc1)C[C@@H](C)CC3. The summed E-state index contributed by atoms with van der Waals surface area (Å²) in [6.45, 7) is 8.84. The minimum absolute atomic E-state index is 0.111. The molecule has 1 aromatic carbocycles. The zero-order chi connectivity index (χ0) is 19.0. The fraction of sp³-hybridized carbons (Fsp3) is 0.364. The van der Waals surface area contributed by atoms with Crippen molar-refractivity contribution >= 4 is 33.3 Å². The summed E-state index contributed by atoms with van der Waals surface area (Å²) in [6, 6.07) is 10.2. The standard InChI is InChI=1S/C22H24N2OS2/c1-14(2)13-26-22-23-20-19(17-11-15(3)9-10-18(17)27-20)21(25)24(22)12-16-7-5-4-6-8-16/h4-8,15H,1,9-13H2,2-3H3/t15-/m0/s1. The largest absolute Gasteiger partial charge is 0.283 e. The fourth-order valence-corrected chi connectivity index (χ4v) is 5.71. The Labute approximate surface area is 168 Å². The van der Waals surface area contributed by atoms with Gasteiger partial charge in [-0.25, -0.2) is 4.98 Å². The van der Waals surface area contributed by atoms with Crippen molar-refractivity contribution in [2.24, 2.45) is 5.92 Å². The lowest BCUT2D eigenvalue weighted by Crippen LogP contribution is -2.25. The van der Waals surface area contributed by atoms with Crippen LogP contribution in [-0.2, 0) is 19.4 Å². The summed E-state index contributed by atoms with van der Waals surface area (Å²) >= 11 is 3.33. The zero-order valence-electron chi connectivity index (χ0n) is 15.8. The highest BCUT2D eigenvalue weighted by atomic mass is 32.2. The minimum atomic E-state index is 0.111. The molecule has 0 amide bonds. The third kappa shape index (κ3) is 3.76. The number of hydrogen-bond donors (Lipinski definition) is 0. The summed E-state index contributed by atoms with van der Waals surface area (Å²) in [7, 11) is 0. The molecule has 0 radical (unpaired) electrons. The van der Waals surface area contributed by atoms with Crippen LogP contribution >= 0.6 is 23.1 Å². The van der Waals surface area contributed by atoms with Gasteiger partial charge in [0.1, 0.15) is 4.83 Å². The Bertz CT molecular complexity index is 1050. The van der Waals surface area contributed by atoms with Crippen molar-refractivity contribution in [3.63, 3.8) is 0 Å². The van der Waals surface area contributed by atoms with E-state index in [0.29, 0.717) is 12.5 Å². The lowest BCUT2D eigenvalue weighted by molar-refractivity contribution is 0.508. The molecule has 0 bridgehead atoms. The van der Waals surface area contributed by atoms with Gasteiger partial charge in [-0.2, -0.15) is 0 Å². The maximum Gasteiger partial charge on any atom is 0.263 e. The van der Waals surface area contributed by atoms with Crippen LogP contribution in [0, 0.1) is 5.92 Å². The number of thioether (sulfide) groups is 1. The summed E-state index contributed by atoms with van der Waals surface area (Å²) in [6.07, 6.45) is 3.27. The molecule has 4 rings (SSSR count). The van der Waals surface area contributed by atoms with Gasteiger partial charge < -0.3 is 0 Å². The predicted molar refractivity (Wildman–Crippen MR) is 116 cm³/mol. The number of aryl methyl sites for hydroxylation is 1. The van der Waals surface area contributed by atoms with Gasteiger partial charge >= 0.3 is 0 Å². The Balaban J connectivity index is 1.87. The van der Waals surface area contributed by atoms with E-state index >= 15 is 0 Å². The van der Waals surface area contributed by atoms with Crippen LogP contribution in [0.15, 0.2) is 52.4 Å². The van der Waals surface area contributed by atoms with Gasteiger partial charge in [-0.1, -0.05) is 61.2 Å². The van der Waals surface area contributed by atoms with Gasteiger partial charge in [0, 0.05) is 10.6 Å². The van der Waals surface area contributed by atoms with Crippen molar-refractivity contribution in [2.45, 2.75) is 44.8 Å². The van der Waals surface area contributed by atoms with Crippen molar-refractivity contribution in [2.75, 3.05) is 5.75 Å². The first kappa shape index (κ1) is 18.5. The Morgan fingerprint density at radius 2 is 2.15 bits per heavy atom. The number of aromatic nitrogens is 2. The number of hydrogen-bond acceptors (Lipinski definition) is 4. The van der Waals surface area contributed by atoms with E-state index in [1.165, 1.54) is 16.9 Å². The van der Waals surface area contributed by atoms with E-state index in [2.05, 4.69) is 25.6 Å². The van der Waals surface area contributed by atoms with Crippen LogP contribution in [0.1, 0.15) is 36.3 Å². The molecule has 0 N–H and O–H groups in total. The second-order valence-electron chi connectivity index (χ2n) is 7.55. The average molecular weight is 397 g/mol. The van der Waals surface area contributed by atoms with Crippen molar-refractivity contribution < 1.29 is 0 Å². The molecular formula is C22H24N2OS2. The smallest absolute Gasteiger partial charge is 0.263 e. The number of rotatable bonds is 5. The molecule has 3 nitrogen and oxygen atoms in total. The predicted octanol–water partition coefficient (Wildman–Crippen LogP) is 5.30. The molecule has 2 heterocycles. The molecule has 0 saturated heterocycles. The van der Waals surface area contributed by atoms with Gasteiger partial charge in [-0.15, -0.1) is 11.3 Å². The van der Waals surface area contributed by atoms with Gasteiger partial charge in [-0.05, 0) is 43.2 Å². The Hall–Kier alpha value is -1.85. The molecule has 1 aliphatic carbocycles. The molecule has 0 fully saturated rings. The monoisotopic (exact) mass is 396 g/mol. The zero-order valence-corrected chi connectivity index (χ0v) is 17.5. The van der Waals surface area contributed by atoms with Gasteiger partial charge in [-0.3, -0.25) is 9.36 Å². The van der Waals surface area contributed by atoms with Crippen LogP contribution in [0.25, 0.3) is 10.2 Å². The van der Waals surface area contributed by atoms with Crippen molar-refractivity contribution in [3.05, 3.63) is 68.8 Å². The quantitative estimate of drug-likeness (QED) is 0.333. The Kier molecular flexibility index (Phi) is 5.24. The van der Waals surface area contributed by atoms with Crippen LogP contribution in [0.3, 0.4) is 0 Å². The van der Waals surface area contributed by atoms with Crippen LogP contribution in [0.2, 0.25) is 0 Å². The summed E-state index contributed by atoms with van der Waals surface area (Å²) in [5.41, 5.74) is 3.57. The summed E-state index contributed by atoms with van der Waals surface area (Å²) < 4.78 is 1.86. The first-order valence-electron chi connectivity index (χ1n) is 9.39. The molecule has 5 heteroatoms. The second-order valence-corrected chi connectivity index (χ2v) is 9.58. The second kappa shape index (κ2) is 7.64. The summed E-state index contributed by atoms with van der Waals surface area (Å²) in [5.74, 6) is 1.41. The number of fused-ring (bicyclic) bond motifs is 3. The third-order valence-corrected chi connectivity index (χ3v) is 7.40. The number of nitrogens with zero attached hydrogens (tertiary/aromatic N) is 2. The molecule has 0 unspecified atom stereocenters. The molecule has 27 heavy (non-hydrogen) atoms. The maximum atomic E-state index is 13.5. The summed E-state index contributed by atoms with van der Waals surface area (Å²) in [4.78, 5) is 20.7. The molecular weight excluding hydrogens is 372 g/mol. The van der Waals surface area contributed by atoms with E-state index in [0.717, 1.165) is 45.1 Å². The highest BCUT2D eigenvalue weighted by molar-refractivity contribution is 7.99. The van der Waals surface area contributed by atoms with Crippen LogP contribution in [0.5, 0.6) is 0 Å². The molecule has 0 spiro atoms. The van der Waals surface area contributed by atoms with E-state index in [-0.39, 0.29) is 5.56 Å². The van der Waals surface area contributed by atoms with E-state index in [1.807, 2.05) is 29.7 Å². The van der Waals surface area contributed by atoms with Gasteiger partial charge in [0.15, 0.2) is 5.16 Å². The minimum Gasteiger partial charge on any atom is -0.283 e. The highest BCUT2D eigenvalue weighted by Crippen LogP contribution is 2.36. The molecule has 2 aromatic heterocycles. The summed E-state index contributed by atoms with van der Waals surface area (Å²) in [5, 5.41) is 1.66. The topological polar surface area (TPSA) is 34.9 Å². The Morgan fingerprint density at radius 3 is 2.89 bits per heavy atom. The first-order valence-corrected chi connectivity index (χ1v) is 11.2. The van der Waals surface area contributed by atoms with E-state index in [4.69, 9.17) is 4.98 Å². The van der Waals surface area contributed by atoms with Crippen molar-refractivity contribution in [3.8, 4) is 0 Å². The normalized spacial score (nSPS) is 16.4. The van der Waals surface area contributed by atoms with Crippen LogP contribution < -0.4 is 5.56 Å². The van der Waals surface area contributed by atoms with Gasteiger partial charge in [0.05, 0.1) is 11.9 Å². The molecule has 0 saturated carbocycles. The van der Waals surface area contributed by atoms with E-state index in [9.17, 15) is 4.79 Å². The van der Waals surface area contributed by atoms with E-state index < -0.39 is 0 Å². The number of thiophene rings is 1. The number of benzene rings is 1. The Morgan fingerprint density at radius 1 is 1.37 bits per heavy atom. The first-order chi connectivity index (χ1) is 13.0. The lowest BCUT2D eigenvalue weighted by Gasteiger charge is -2.18. The molecule has 1 atom stereocenters. The van der Waals surface area contributed by atoms with Crippen LogP contribution in [-0.4, -0.2) is 15.3 Å². The van der Waals surface area contributed by atoms with Crippen molar-refractivity contribution in [1.29, 1.82) is 0 Å². The highest BCUT2D eigenvalue weighted by Gasteiger charge is 2.24.